The second-order valence-corrected chi connectivity index (χ2v) is 7.05. The minimum atomic E-state index is -0.293. The van der Waals surface area contributed by atoms with Crippen molar-refractivity contribution in [3.05, 3.63) is 88.9 Å². The number of aryl methyl sites for hydroxylation is 2. The molecule has 1 N–H and O–H groups in total. The lowest BCUT2D eigenvalue weighted by molar-refractivity contribution is 0.0994. The number of amides is 1. The Kier molecular flexibility index (Phi) is 5.03. The van der Waals surface area contributed by atoms with Crippen LogP contribution in [0.5, 0.6) is 0 Å². The Bertz CT molecular complexity index is 1140. The number of rotatable bonds is 6. The van der Waals surface area contributed by atoms with Crippen LogP contribution in [0.25, 0.3) is 0 Å². The summed E-state index contributed by atoms with van der Waals surface area (Å²) < 4.78 is 9.34. The van der Waals surface area contributed by atoms with Crippen molar-refractivity contribution in [1.82, 2.24) is 19.6 Å². The maximum absolute atomic E-state index is 12.7. The SMILES string of the molecule is Cc1ccccc1Cn1nc(C)c(NC(=O)c2ccc(Cn3cccn3)o2)c1C. The molecule has 3 aromatic heterocycles. The molecule has 0 aliphatic rings. The molecule has 0 spiro atoms. The number of nitrogens with one attached hydrogen (secondary N) is 1. The molecule has 0 bridgehead atoms. The molecular weight excluding hydrogens is 366 g/mol. The summed E-state index contributed by atoms with van der Waals surface area (Å²) in [4.78, 5) is 12.7. The van der Waals surface area contributed by atoms with Crippen LogP contribution >= 0.6 is 0 Å². The van der Waals surface area contributed by atoms with Crippen molar-refractivity contribution < 1.29 is 9.21 Å². The Labute approximate surface area is 169 Å². The molecular formula is C22H23N5O2. The fourth-order valence-corrected chi connectivity index (χ4v) is 3.29. The van der Waals surface area contributed by atoms with Gasteiger partial charge in [0.1, 0.15) is 5.76 Å². The standard InChI is InChI=1S/C22H23N5O2/c1-15-7-4-5-8-18(15)13-27-17(3)21(16(2)25-27)24-22(28)20-10-9-19(29-20)14-26-12-6-11-23-26/h4-12H,13-14H2,1-3H3,(H,24,28). The number of carbonyl (C=O) groups is 1. The molecule has 0 unspecified atom stereocenters. The molecule has 148 valence electrons. The van der Waals surface area contributed by atoms with Gasteiger partial charge in [0.2, 0.25) is 0 Å². The molecule has 1 amide bonds. The van der Waals surface area contributed by atoms with Gasteiger partial charge in [-0.05, 0) is 50.1 Å². The van der Waals surface area contributed by atoms with Crippen LogP contribution < -0.4 is 5.32 Å². The van der Waals surface area contributed by atoms with Gasteiger partial charge in [0.05, 0.1) is 30.2 Å². The van der Waals surface area contributed by atoms with Gasteiger partial charge >= 0.3 is 0 Å². The predicted octanol–water partition coefficient (Wildman–Crippen LogP) is 3.95. The molecule has 0 saturated carbocycles. The highest BCUT2D eigenvalue weighted by molar-refractivity contribution is 6.02. The molecule has 0 atom stereocenters. The van der Waals surface area contributed by atoms with Gasteiger partial charge in [-0.15, -0.1) is 0 Å². The van der Waals surface area contributed by atoms with Crippen LogP contribution in [-0.2, 0) is 13.1 Å². The Morgan fingerprint density at radius 1 is 1.07 bits per heavy atom. The predicted molar refractivity (Wildman–Crippen MR) is 110 cm³/mol. The molecule has 0 aliphatic heterocycles. The second-order valence-electron chi connectivity index (χ2n) is 7.05. The van der Waals surface area contributed by atoms with Crippen LogP contribution in [0.3, 0.4) is 0 Å². The van der Waals surface area contributed by atoms with Gasteiger partial charge < -0.3 is 9.73 Å². The van der Waals surface area contributed by atoms with Gasteiger partial charge in [0.15, 0.2) is 5.76 Å². The van der Waals surface area contributed by atoms with E-state index in [1.807, 2.05) is 42.9 Å². The van der Waals surface area contributed by atoms with Gasteiger partial charge in [0.25, 0.3) is 5.91 Å². The lowest BCUT2D eigenvalue weighted by Crippen LogP contribution is -2.12. The number of hydrogen-bond acceptors (Lipinski definition) is 4. The molecule has 7 heteroatoms. The van der Waals surface area contributed by atoms with E-state index in [-0.39, 0.29) is 11.7 Å². The van der Waals surface area contributed by atoms with E-state index in [1.165, 1.54) is 11.1 Å². The molecule has 7 nitrogen and oxygen atoms in total. The van der Waals surface area contributed by atoms with E-state index in [2.05, 4.69) is 34.6 Å². The van der Waals surface area contributed by atoms with Crippen molar-refractivity contribution in [3.8, 4) is 0 Å². The molecule has 0 fully saturated rings. The highest BCUT2D eigenvalue weighted by Crippen LogP contribution is 2.22. The molecule has 4 aromatic rings. The van der Waals surface area contributed by atoms with Crippen molar-refractivity contribution >= 4 is 11.6 Å². The van der Waals surface area contributed by atoms with E-state index in [9.17, 15) is 4.79 Å². The first-order valence-corrected chi connectivity index (χ1v) is 9.47. The third kappa shape index (κ3) is 3.99. The minimum absolute atomic E-state index is 0.262. The molecule has 0 radical (unpaired) electrons. The third-order valence-corrected chi connectivity index (χ3v) is 4.96. The summed E-state index contributed by atoms with van der Waals surface area (Å²) in [5.74, 6) is 0.638. The molecule has 0 saturated heterocycles. The number of aromatic nitrogens is 4. The monoisotopic (exact) mass is 389 g/mol. The normalized spacial score (nSPS) is 11.0. The second kappa shape index (κ2) is 7.79. The summed E-state index contributed by atoms with van der Waals surface area (Å²) in [7, 11) is 0. The van der Waals surface area contributed by atoms with Crippen molar-refractivity contribution in [2.45, 2.75) is 33.9 Å². The molecule has 3 heterocycles. The van der Waals surface area contributed by atoms with E-state index in [4.69, 9.17) is 4.42 Å². The zero-order valence-electron chi connectivity index (χ0n) is 16.7. The first kappa shape index (κ1) is 18.7. The smallest absolute Gasteiger partial charge is 0.291 e. The maximum Gasteiger partial charge on any atom is 0.291 e. The molecule has 1 aromatic carbocycles. The number of benzene rings is 1. The van der Waals surface area contributed by atoms with E-state index < -0.39 is 0 Å². The fraction of sp³-hybridized carbons (Fsp3) is 0.227. The molecule has 0 aliphatic carbocycles. The van der Waals surface area contributed by atoms with Crippen LogP contribution in [0, 0.1) is 20.8 Å². The van der Waals surface area contributed by atoms with E-state index >= 15 is 0 Å². The fourth-order valence-electron chi connectivity index (χ4n) is 3.29. The lowest BCUT2D eigenvalue weighted by Gasteiger charge is -2.08. The van der Waals surface area contributed by atoms with Gasteiger partial charge in [-0.25, -0.2) is 0 Å². The Morgan fingerprint density at radius 2 is 1.90 bits per heavy atom. The van der Waals surface area contributed by atoms with Gasteiger partial charge in [-0.1, -0.05) is 24.3 Å². The van der Waals surface area contributed by atoms with Crippen LogP contribution in [0.1, 0.15) is 38.8 Å². The van der Waals surface area contributed by atoms with Gasteiger partial charge in [-0.3, -0.25) is 14.2 Å². The summed E-state index contributed by atoms with van der Waals surface area (Å²) in [6, 6.07) is 13.5. The zero-order chi connectivity index (χ0) is 20.4. The van der Waals surface area contributed by atoms with Crippen LogP contribution in [0.2, 0.25) is 0 Å². The minimum Gasteiger partial charge on any atom is -0.454 e. The number of anilines is 1. The van der Waals surface area contributed by atoms with Crippen LogP contribution in [-0.4, -0.2) is 25.5 Å². The highest BCUT2D eigenvalue weighted by atomic mass is 16.4. The lowest BCUT2D eigenvalue weighted by atomic mass is 10.1. The highest BCUT2D eigenvalue weighted by Gasteiger charge is 2.18. The number of nitrogens with zero attached hydrogens (tertiary/aromatic N) is 4. The largest absolute Gasteiger partial charge is 0.454 e. The first-order valence-electron chi connectivity index (χ1n) is 9.47. The average Bonchev–Trinajstić information content (AvgIpc) is 3.43. The maximum atomic E-state index is 12.7. The Hall–Kier alpha value is -3.61. The average molecular weight is 389 g/mol. The quantitative estimate of drug-likeness (QED) is 0.542. The number of furan rings is 1. The van der Waals surface area contributed by atoms with Gasteiger partial charge in [-0.2, -0.15) is 10.2 Å². The summed E-state index contributed by atoms with van der Waals surface area (Å²) in [6.07, 6.45) is 3.55. The summed E-state index contributed by atoms with van der Waals surface area (Å²) >= 11 is 0. The van der Waals surface area contributed by atoms with E-state index in [0.717, 1.165) is 11.4 Å². The zero-order valence-corrected chi connectivity index (χ0v) is 16.7. The summed E-state index contributed by atoms with van der Waals surface area (Å²) in [6.45, 7) is 7.07. The van der Waals surface area contributed by atoms with Crippen molar-refractivity contribution in [1.29, 1.82) is 0 Å². The van der Waals surface area contributed by atoms with Crippen molar-refractivity contribution in [3.63, 3.8) is 0 Å². The Balaban J connectivity index is 1.49. The first-order chi connectivity index (χ1) is 14.0. The molecule has 4 rings (SSSR count). The van der Waals surface area contributed by atoms with E-state index in [0.29, 0.717) is 24.5 Å². The van der Waals surface area contributed by atoms with E-state index in [1.54, 1.807) is 23.0 Å². The summed E-state index contributed by atoms with van der Waals surface area (Å²) in [5, 5.41) is 11.7. The van der Waals surface area contributed by atoms with Crippen LogP contribution in [0.15, 0.2) is 59.3 Å². The molecule has 29 heavy (non-hydrogen) atoms. The Morgan fingerprint density at radius 3 is 2.66 bits per heavy atom. The third-order valence-electron chi connectivity index (χ3n) is 4.96. The number of carbonyl (C=O) groups excluding carboxylic acids is 1. The van der Waals surface area contributed by atoms with Crippen molar-refractivity contribution in [2.24, 2.45) is 0 Å². The van der Waals surface area contributed by atoms with Gasteiger partial charge in [0, 0.05) is 12.4 Å². The number of hydrogen-bond donors (Lipinski definition) is 1. The topological polar surface area (TPSA) is 77.9 Å². The van der Waals surface area contributed by atoms with Crippen LogP contribution in [0.4, 0.5) is 5.69 Å². The van der Waals surface area contributed by atoms with Crippen molar-refractivity contribution in [2.75, 3.05) is 5.32 Å². The summed E-state index contributed by atoms with van der Waals surface area (Å²) in [5.41, 5.74) is 4.81.